The largest absolute Gasteiger partial charge is 0.497 e. The predicted octanol–water partition coefficient (Wildman–Crippen LogP) is 2.20. The second-order valence-electron chi connectivity index (χ2n) is 6.18. The summed E-state index contributed by atoms with van der Waals surface area (Å²) in [5, 5.41) is 5.79. The zero-order valence-electron chi connectivity index (χ0n) is 14.8. The maximum atomic E-state index is 12.4. The molecule has 0 aromatic heterocycles. The molecule has 0 radical (unpaired) electrons. The molecule has 0 aliphatic carbocycles. The highest BCUT2D eigenvalue weighted by atomic mass is 16.5. The average molecular weight is 353 g/mol. The Hall–Kier alpha value is -3.02. The summed E-state index contributed by atoms with van der Waals surface area (Å²) < 4.78 is 5.14. The summed E-state index contributed by atoms with van der Waals surface area (Å²) in [4.78, 5) is 26.0. The summed E-state index contributed by atoms with van der Waals surface area (Å²) in [5.74, 6) is 0.754. The lowest BCUT2D eigenvalue weighted by Crippen LogP contribution is -2.47. The summed E-state index contributed by atoms with van der Waals surface area (Å²) in [5.41, 5.74) is 2.70. The van der Waals surface area contributed by atoms with Crippen LogP contribution in [0.25, 0.3) is 0 Å². The van der Waals surface area contributed by atoms with Crippen LogP contribution in [0, 0.1) is 0 Å². The maximum Gasteiger partial charge on any atom is 0.239 e. The zero-order chi connectivity index (χ0) is 18.4. The third-order valence-electron chi connectivity index (χ3n) is 4.36. The lowest BCUT2D eigenvalue weighted by Gasteiger charge is -2.30. The molecule has 0 unspecified atom stereocenters. The number of piperazine rings is 1. The number of carbonyl (C=O) groups excluding carboxylic acids is 2. The molecule has 0 spiro atoms. The molecule has 3 rings (SSSR count). The van der Waals surface area contributed by atoms with E-state index in [4.69, 9.17) is 4.74 Å². The molecule has 1 saturated heterocycles. The van der Waals surface area contributed by atoms with Crippen molar-refractivity contribution in [2.24, 2.45) is 0 Å². The molecule has 6 nitrogen and oxygen atoms in total. The van der Waals surface area contributed by atoms with Gasteiger partial charge in [-0.2, -0.15) is 0 Å². The average Bonchev–Trinajstić information content (AvgIpc) is 2.67. The van der Waals surface area contributed by atoms with Gasteiger partial charge in [0.1, 0.15) is 5.75 Å². The predicted molar refractivity (Wildman–Crippen MR) is 102 cm³/mol. The van der Waals surface area contributed by atoms with Crippen LogP contribution in [0.4, 0.5) is 11.4 Å². The second kappa shape index (κ2) is 8.38. The number of ether oxygens (including phenoxy) is 1. The highest BCUT2D eigenvalue weighted by Gasteiger charge is 2.19. The van der Waals surface area contributed by atoms with Crippen LogP contribution in [-0.2, 0) is 16.0 Å². The van der Waals surface area contributed by atoms with E-state index in [2.05, 4.69) is 10.6 Å². The van der Waals surface area contributed by atoms with Crippen molar-refractivity contribution in [2.45, 2.75) is 12.8 Å². The number of anilines is 2. The third kappa shape index (κ3) is 4.53. The van der Waals surface area contributed by atoms with Crippen molar-refractivity contribution in [3.8, 4) is 5.75 Å². The standard InChI is InChI=1S/C20H23N3O3/c1-26-16-9-6-15(7-10-16)8-11-19(24)22-17-4-2-3-5-18(17)23-13-12-21-20(25)14-23/h2-7,9-10H,8,11-14H2,1H3,(H,21,25)(H,22,24). The summed E-state index contributed by atoms with van der Waals surface area (Å²) in [6, 6.07) is 15.3. The SMILES string of the molecule is COc1ccc(CCC(=O)Nc2ccccc2N2CCNC(=O)C2)cc1. The number of para-hydroxylation sites is 2. The van der Waals surface area contributed by atoms with Gasteiger partial charge < -0.3 is 20.3 Å². The summed E-state index contributed by atoms with van der Waals surface area (Å²) in [6.07, 6.45) is 1.05. The van der Waals surface area contributed by atoms with Crippen LogP contribution in [0.5, 0.6) is 5.75 Å². The lowest BCUT2D eigenvalue weighted by atomic mass is 10.1. The number of rotatable bonds is 6. The Kier molecular flexibility index (Phi) is 5.73. The van der Waals surface area contributed by atoms with Crippen molar-refractivity contribution in [3.05, 3.63) is 54.1 Å². The molecule has 1 fully saturated rings. The van der Waals surface area contributed by atoms with E-state index in [1.807, 2.05) is 53.4 Å². The van der Waals surface area contributed by atoms with Crippen LogP contribution >= 0.6 is 0 Å². The molecule has 2 amide bonds. The van der Waals surface area contributed by atoms with E-state index in [0.29, 0.717) is 25.9 Å². The summed E-state index contributed by atoms with van der Waals surface area (Å²) >= 11 is 0. The molecule has 136 valence electrons. The number of methoxy groups -OCH3 is 1. The first-order chi connectivity index (χ1) is 12.7. The number of aryl methyl sites for hydroxylation is 1. The van der Waals surface area contributed by atoms with Gasteiger partial charge in [-0.25, -0.2) is 0 Å². The number of amides is 2. The molecule has 1 heterocycles. The minimum Gasteiger partial charge on any atom is -0.497 e. The Labute approximate surface area is 153 Å². The molecular formula is C20H23N3O3. The van der Waals surface area contributed by atoms with Crippen molar-refractivity contribution in [1.29, 1.82) is 0 Å². The van der Waals surface area contributed by atoms with Gasteiger partial charge in [-0.05, 0) is 36.2 Å². The van der Waals surface area contributed by atoms with Crippen LogP contribution in [0.1, 0.15) is 12.0 Å². The van der Waals surface area contributed by atoms with Gasteiger partial charge in [0.15, 0.2) is 0 Å². The van der Waals surface area contributed by atoms with E-state index in [0.717, 1.165) is 29.2 Å². The van der Waals surface area contributed by atoms with Gasteiger partial charge >= 0.3 is 0 Å². The maximum absolute atomic E-state index is 12.4. The van der Waals surface area contributed by atoms with E-state index in [1.165, 1.54) is 0 Å². The van der Waals surface area contributed by atoms with E-state index in [9.17, 15) is 9.59 Å². The molecule has 6 heteroatoms. The number of benzene rings is 2. The zero-order valence-corrected chi connectivity index (χ0v) is 14.8. The molecule has 1 aliphatic rings. The fraction of sp³-hybridized carbons (Fsp3) is 0.300. The van der Waals surface area contributed by atoms with Crippen LogP contribution < -0.4 is 20.3 Å². The fourth-order valence-electron chi connectivity index (χ4n) is 2.96. The fourth-order valence-corrected chi connectivity index (χ4v) is 2.96. The van der Waals surface area contributed by atoms with Crippen molar-refractivity contribution in [3.63, 3.8) is 0 Å². The molecule has 0 saturated carbocycles. The van der Waals surface area contributed by atoms with Crippen LogP contribution in [0.15, 0.2) is 48.5 Å². The smallest absolute Gasteiger partial charge is 0.239 e. The summed E-state index contributed by atoms with van der Waals surface area (Å²) in [7, 11) is 1.63. The Bertz CT molecular complexity index is 774. The van der Waals surface area contributed by atoms with Crippen LogP contribution in [-0.4, -0.2) is 38.6 Å². The molecule has 2 N–H and O–H groups in total. The number of carbonyl (C=O) groups is 2. The highest BCUT2D eigenvalue weighted by Crippen LogP contribution is 2.26. The number of hydrogen-bond acceptors (Lipinski definition) is 4. The topological polar surface area (TPSA) is 70.7 Å². The van der Waals surface area contributed by atoms with E-state index < -0.39 is 0 Å². The van der Waals surface area contributed by atoms with Gasteiger partial charge in [-0.15, -0.1) is 0 Å². The second-order valence-corrected chi connectivity index (χ2v) is 6.18. The first kappa shape index (κ1) is 17.8. The quantitative estimate of drug-likeness (QED) is 0.835. The Morgan fingerprint density at radius 2 is 1.96 bits per heavy atom. The molecule has 0 atom stereocenters. The van der Waals surface area contributed by atoms with Gasteiger partial charge in [0, 0.05) is 19.5 Å². The van der Waals surface area contributed by atoms with Crippen molar-refractivity contribution in [2.75, 3.05) is 37.0 Å². The Morgan fingerprint density at radius 1 is 1.19 bits per heavy atom. The molecule has 1 aliphatic heterocycles. The van der Waals surface area contributed by atoms with Crippen molar-refractivity contribution < 1.29 is 14.3 Å². The molecule has 0 bridgehead atoms. The molecule has 26 heavy (non-hydrogen) atoms. The van der Waals surface area contributed by atoms with Gasteiger partial charge in [-0.1, -0.05) is 24.3 Å². The first-order valence-corrected chi connectivity index (χ1v) is 8.69. The first-order valence-electron chi connectivity index (χ1n) is 8.69. The minimum absolute atomic E-state index is 0.00288. The lowest BCUT2D eigenvalue weighted by molar-refractivity contribution is -0.120. The Balaban J connectivity index is 1.61. The number of hydrogen-bond donors (Lipinski definition) is 2. The highest BCUT2D eigenvalue weighted by molar-refractivity contribution is 5.95. The van der Waals surface area contributed by atoms with E-state index in [-0.39, 0.29) is 11.8 Å². The van der Waals surface area contributed by atoms with Crippen LogP contribution in [0.2, 0.25) is 0 Å². The van der Waals surface area contributed by atoms with Gasteiger partial charge in [0.25, 0.3) is 0 Å². The van der Waals surface area contributed by atoms with Gasteiger partial charge in [-0.3, -0.25) is 9.59 Å². The van der Waals surface area contributed by atoms with E-state index in [1.54, 1.807) is 7.11 Å². The molecule has 2 aromatic carbocycles. The number of nitrogens with one attached hydrogen (secondary N) is 2. The van der Waals surface area contributed by atoms with Gasteiger partial charge in [0.2, 0.25) is 11.8 Å². The monoisotopic (exact) mass is 353 g/mol. The van der Waals surface area contributed by atoms with Crippen molar-refractivity contribution in [1.82, 2.24) is 5.32 Å². The van der Waals surface area contributed by atoms with Crippen LogP contribution in [0.3, 0.4) is 0 Å². The number of nitrogens with zero attached hydrogens (tertiary/aromatic N) is 1. The summed E-state index contributed by atoms with van der Waals surface area (Å²) in [6.45, 7) is 1.64. The Morgan fingerprint density at radius 3 is 2.69 bits per heavy atom. The van der Waals surface area contributed by atoms with E-state index >= 15 is 0 Å². The molecule has 2 aromatic rings. The van der Waals surface area contributed by atoms with Gasteiger partial charge in [0.05, 0.1) is 25.0 Å². The third-order valence-corrected chi connectivity index (χ3v) is 4.36. The minimum atomic E-state index is -0.0465. The molecular weight excluding hydrogens is 330 g/mol. The van der Waals surface area contributed by atoms with Crippen molar-refractivity contribution >= 4 is 23.2 Å². The normalized spacial score (nSPS) is 13.9.